The fraction of sp³-hybridized carbons (Fsp3) is 0. The highest BCUT2D eigenvalue weighted by Crippen LogP contribution is 2.44. The van der Waals surface area contributed by atoms with Crippen LogP contribution >= 0.6 is 0 Å². The van der Waals surface area contributed by atoms with Gasteiger partial charge in [-0.3, -0.25) is 0 Å². The van der Waals surface area contributed by atoms with Crippen molar-refractivity contribution in [2.75, 3.05) is 0 Å². The number of hydrogen-bond acceptors (Lipinski definition) is 5. The fourth-order valence-electron chi connectivity index (χ4n) is 8.71. The molecule has 0 spiro atoms. The van der Waals surface area contributed by atoms with Crippen molar-refractivity contribution >= 4 is 65.4 Å². The molecule has 3 aromatic heterocycles. The van der Waals surface area contributed by atoms with Gasteiger partial charge in [0, 0.05) is 38.2 Å². The summed E-state index contributed by atoms with van der Waals surface area (Å²) >= 11 is 0. The molecule has 58 heavy (non-hydrogen) atoms. The topological polar surface area (TPSA) is 65.0 Å². The Bertz CT molecular complexity index is 3560. The molecule has 0 amide bonds. The van der Waals surface area contributed by atoms with Gasteiger partial charge in [0.25, 0.3) is 0 Å². The third kappa shape index (κ3) is 5.07. The first-order chi connectivity index (χ1) is 28.7. The molecule has 0 unspecified atom stereocenters. The molecule has 0 atom stereocenters. The number of para-hydroxylation sites is 1. The smallest absolute Gasteiger partial charge is 0.164 e. The molecular formula is C53H31N3O2. The van der Waals surface area contributed by atoms with Crippen molar-refractivity contribution in [1.29, 1.82) is 0 Å². The molecule has 0 aliphatic carbocycles. The summed E-state index contributed by atoms with van der Waals surface area (Å²) in [6.45, 7) is 0. The van der Waals surface area contributed by atoms with Gasteiger partial charge in [0.2, 0.25) is 0 Å². The van der Waals surface area contributed by atoms with Crippen LogP contribution in [0, 0.1) is 0 Å². The van der Waals surface area contributed by atoms with E-state index in [-0.39, 0.29) is 0 Å². The van der Waals surface area contributed by atoms with E-state index >= 15 is 0 Å². The van der Waals surface area contributed by atoms with E-state index in [4.69, 9.17) is 23.8 Å². The molecule has 3 heterocycles. The van der Waals surface area contributed by atoms with Crippen molar-refractivity contribution in [3.63, 3.8) is 0 Å². The minimum absolute atomic E-state index is 0.569. The summed E-state index contributed by atoms with van der Waals surface area (Å²) in [5.74, 6) is 1.73. The van der Waals surface area contributed by atoms with Crippen molar-refractivity contribution in [1.82, 2.24) is 15.0 Å². The number of benzene rings is 9. The lowest BCUT2D eigenvalue weighted by molar-refractivity contribution is 0.669. The summed E-state index contributed by atoms with van der Waals surface area (Å²) in [6, 6.07) is 65.1. The van der Waals surface area contributed by atoms with Crippen molar-refractivity contribution in [3.8, 4) is 56.4 Å². The largest absolute Gasteiger partial charge is 0.456 e. The van der Waals surface area contributed by atoms with Crippen molar-refractivity contribution in [2.24, 2.45) is 0 Å². The molecule has 12 aromatic rings. The van der Waals surface area contributed by atoms with E-state index < -0.39 is 0 Å². The standard InChI is InChI=1S/C53H31N3O2/c1-2-14-35(15-3-1)51-54-52(41-22-11-25-45-48(41)40-20-8-9-24-44(40)57-45)56-53(55-51)42-23-12-26-46-50(42)49-39-19-7-6-18-38(39)43(31-47(49)58-46)34-29-27-33(28-30-34)37-21-10-16-32-13-4-5-17-36(32)37/h1-31H. The molecule has 0 N–H and O–H groups in total. The zero-order valence-electron chi connectivity index (χ0n) is 31.1. The Labute approximate surface area is 332 Å². The molecule has 9 aromatic carbocycles. The fourth-order valence-corrected chi connectivity index (χ4v) is 8.71. The molecule has 0 aliphatic rings. The Morgan fingerprint density at radius 1 is 0.276 bits per heavy atom. The Balaban J connectivity index is 1.06. The van der Waals surface area contributed by atoms with Gasteiger partial charge < -0.3 is 8.83 Å². The third-order valence-corrected chi connectivity index (χ3v) is 11.4. The van der Waals surface area contributed by atoms with Crippen LogP contribution < -0.4 is 0 Å². The van der Waals surface area contributed by atoms with Crippen LogP contribution in [0.2, 0.25) is 0 Å². The average molecular weight is 742 g/mol. The molecule has 5 heteroatoms. The molecule has 0 aliphatic heterocycles. The van der Waals surface area contributed by atoms with E-state index in [1.54, 1.807) is 0 Å². The van der Waals surface area contributed by atoms with E-state index in [1.807, 2.05) is 72.8 Å². The van der Waals surface area contributed by atoms with Crippen LogP contribution in [0.25, 0.3) is 122 Å². The van der Waals surface area contributed by atoms with Crippen LogP contribution in [0.5, 0.6) is 0 Å². The second kappa shape index (κ2) is 12.8. The lowest BCUT2D eigenvalue weighted by Gasteiger charge is -2.12. The summed E-state index contributed by atoms with van der Waals surface area (Å²) in [6.07, 6.45) is 0. The van der Waals surface area contributed by atoms with Crippen LogP contribution in [-0.2, 0) is 0 Å². The zero-order chi connectivity index (χ0) is 38.2. The number of fused-ring (bicyclic) bond motifs is 9. The van der Waals surface area contributed by atoms with Crippen molar-refractivity contribution < 1.29 is 8.83 Å². The van der Waals surface area contributed by atoms with Gasteiger partial charge in [-0.05, 0) is 68.1 Å². The predicted molar refractivity (Wildman–Crippen MR) is 237 cm³/mol. The van der Waals surface area contributed by atoms with E-state index in [0.29, 0.717) is 17.5 Å². The van der Waals surface area contributed by atoms with Gasteiger partial charge in [-0.25, -0.2) is 15.0 Å². The van der Waals surface area contributed by atoms with Crippen LogP contribution in [-0.4, -0.2) is 15.0 Å². The normalized spacial score (nSPS) is 11.8. The maximum Gasteiger partial charge on any atom is 0.164 e. The number of nitrogens with zero attached hydrogens (tertiary/aromatic N) is 3. The van der Waals surface area contributed by atoms with Crippen molar-refractivity contribution in [3.05, 3.63) is 188 Å². The molecule has 0 fully saturated rings. The van der Waals surface area contributed by atoms with E-state index in [9.17, 15) is 0 Å². The first-order valence-electron chi connectivity index (χ1n) is 19.4. The van der Waals surface area contributed by atoms with Crippen LogP contribution in [0.1, 0.15) is 0 Å². The SMILES string of the molecule is c1ccc(-c2nc(-c3cccc4oc5ccccc5c34)nc(-c3cccc4oc5cc(-c6ccc(-c7cccc8ccccc78)cc6)c6ccccc6c5c34)n2)cc1. The Kier molecular flexibility index (Phi) is 7.16. The molecule has 270 valence electrons. The van der Waals surface area contributed by atoms with Crippen LogP contribution in [0.15, 0.2) is 197 Å². The molecule has 0 saturated carbocycles. The number of rotatable bonds is 5. The lowest BCUT2D eigenvalue weighted by atomic mass is 9.92. The van der Waals surface area contributed by atoms with Gasteiger partial charge in [0.1, 0.15) is 22.3 Å². The number of hydrogen-bond donors (Lipinski definition) is 0. The third-order valence-electron chi connectivity index (χ3n) is 11.4. The molecule has 0 saturated heterocycles. The van der Waals surface area contributed by atoms with Gasteiger partial charge in [-0.1, -0.05) is 164 Å². The summed E-state index contributed by atoms with van der Waals surface area (Å²) in [5.41, 5.74) is 10.5. The highest BCUT2D eigenvalue weighted by Gasteiger charge is 2.22. The molecule has 5 nitrogen and oxygen atoms in total. The Hall–Kier alpha value is -7.89. The maximum atomic E-state index is 6.77. The van der Waals surface area contributed by atoms with Gasteiger partial charge in [-0.2, -0.15) is 0 Å². The first-order valence-corrected chi connectivity index (χ1v) is 19.4. The highest BCUT2D eigenvalue weighted by molar-refractivity contribution is 6.25. The predicted octanol–water partition coefficient (Wildman–Crippen LogP) is 14.3. The monoisotopic (exact) mass is 741 g/mol. The van der Waals surface area contributed by atoms with Crippen LogP contribution in [0.3, 0.4) is 0 Å². The summed E-state index contributed by atoms with van der Waals surface area (Å²) in [4.78, 5) is 15.6. The molecular weight excluding hydrogens is 711 g/mol. The van der Waals surface area contributed by atoms with E-state index in [0.717, 1.165) is 82.5 Å². The summed E-state index contributed by atoms with van der Waals surface area (Å²) < 4.78 is 13.0. The number of furan rings is 2. The minimum atomic E-state index is 0.569. The van der Waals surface area contributed by atoms with E-state index in [1.165, 1.54) is 21.9 Å². The Morgan fingerprint density at radius 2 is 0.793 bits per heavy atom. The van der Waals surface area contributed by atoms with Crippen molar-refractivity contribution in [2.45, 2.75) is 0 Å². The molecule has 0 bridgehead atoms. The van der Waals surface area contributed by atoms with Gasteiger partial charge in [0.05, 0.1) is 0 Å². The van der Waals surface area contributed by atoms with Gasteiger partial charge in [-0.15, -0.1) is 0 Å². The van der Waals surface area contributed by atoms with Gasteiger partial charge >= 0.3 is 0 Å². The zero-order valence-corrected chi connectivity index (χ0v) is 31.1. The average Bonchev–Trinajstić information content (AvgIpc) is 3.88. The highest BCUT2D eigenvalue weighted by atomic mass is 16.3. The summed E-state index contributed by atoms with van der Waals surface area (Å²) in [5, 5.41) is 8.72. The number of aromatic nitrogens is 3. The second-order valence-corrected chi connectivity index (χ2v) is 14.7. The quantitative estimate of drug-likeness (QED) is 0.176. The lowest BCUT2D eigenvalue weighted by Crippen LogP contribution is -2.00. The first kappa shape index (κ1) is 32.4. The second-order valence-electron chi connectivity index (χ2n) is 14.7. The Morgan fingerprint density at radius 3 is 1.57 bits per heavy atom. The minimum Gasteiger partial charge on any atom is -0.456 e. The molecule has 0 radical (unpaired) electrons. The molecule has 12 rings (SSSR count). The maximum absolute atomic E-state index is 6.77. The van der Waals surface area contributed by atoms with E-state index in [2.05, 4.69) is 115 Å². The van der Waals surface area contributed by atoms with Crippen LogP contribution in [0.4, 0.5) is 0 Å². The van der Waals surface area contributed by atoms with Gasteiger partial charge in [0.15, 0.2) is 17.5 Å². The summed E-state index contributed by atoms with van der Waals surface area (Å²) in [7, 11) is 0.